The monoisotopic (exact) mass is 446 g/mol. The standard InChI is InChI=1S/C24H31ClN2O4/c1-6-20(23(29)26-24(2,3)4)27(15-17-11-13-18(30-5)14-12-17)22(28)16-31-21-10-8-7-9-19(21)25/h7-14,20H,6,15-16H2,1-5H3,(H,26,29). The number of para-hydroxylation sites is 1. The Hall–Kier alpha value is -2.73. The molecule has 0 fully saturated rings. The number of halogens is 1. The smallest absolute Gasteiger partial charge is 0.261 e. The molecule has 0 aliphatic heterocycles. The van der Waals surface area contributed by atoms with Crippen LogP contribution in [0.3, 0.4) is 0 Å². The molecule has 2 rings (SSSR count). The van der Waals surface area contributed by atoms with Gasteiger partial charge >= 0.3 is 0 Å². The predicted octanol–water partition coefficient (Wildman–Crippen LogP) is 4.45. The van der Waals surface area contributed by atoms with Gasteiger partial charge in [-0.2, -0.15) is 0 Å². The minimum atomic E-state index is -0.635. The van der Waals surface area contributed by atoms with Crippen LogP contribution in [0.4, 0.5) is 0 Å². The van der Waals surface area contributed by atoms with Gasteiger partial charge in [0.15, 0.2) is 6.61 Å². The number of methoxy groups -OCH3 is 1. The fraction of sp³-hybridized carbons (Fsp3) is 0.417. The van der Waals surface area contributed by atoms with Crippen LogP contribution in [0.25, 0.3) is 0 Å². The van der Waals surface area contributed by atoms with Crippen LogP contribution in [0.2, 0.25) is 5.02 Å². The van der Waals surface area contributed by atoms with E-state index in [-0.39, 0.29) is 25.0 Å². The highest BCUT2D eigenvalue weighted by molar-refractivity contribution is 6.32. The highest BCUT2D eigenvalue weighted by Gasteiger charge is 2.31. The zero-order chi connectivity index (χ0) is 23.0. The number of carbonyl (C=O) groups is 2. The lowest BCUT2D eigenvalue weighted by Crippen LogP contribution is -2.54. The SMILES string of the molecule is CCC(C(=O)NC(C)(C)C)N(Cc1ccc(OC)cc1)C(=O)COc1ccccc1Cl. The molecule has 0 saturated heterocycles. The molecule has 1 unspecified atom stereocenters. The zero-order valence-corrected chi connectivity index (χ0v) is 19.5. The lowest BCUT2D eigenvalue weighted by Gasteiger charge is -2.33. The third kappa shape index (κ3) is 7.47. The summed E-state index contributed by atoms with van der Waals surface area (Å²) in [5.41, 5.74) is 0.474. The van der Waals surface area contributed by atoms with Crippen LogP contribution in [0.15, 0.2) is 48.5 Å². The first-order valence-electron chi connectivity index (χ1n) is 10.3. The summed E-state index contributed by atoms with van der Waals surface area (Å²) < 4.78 is 10.9. The maximum atomic E-state index is 13.2. The van der Waals surface area contributed by atoms with Crippen molar-refractivity contribution in [2.75, 3.05) is 13.7 Å². The summed E-state index contributed by atoms with van der Waals surface area (Å²) in [5, 5.41) is 3.40. The van der Waals surface area contributed by atoms with Gasteiger partial charge in [0.1, 0.15) is 17.5 Å². The Bertz CT molecular complexity index is 878. The topological polar surface area (TPSA) is 67.9 Å². The predicted molar refractivity (Wildman–Crippen MR) is 122 cm³/mol. The van der Waals surface area contributed by atoms with Crippen LogP contribution in [-0.2, 0) is 16.1 Å². The summed E-state index contributed by atoms with van der Waals surface area (Å²) in [6, 6.07) is 13.7. The van der Waals surface area contributed by atoms with Crippen molar-refractivity contribution in [1.29, 1.82) is 0 Å². The number of amides is 2. The van der Waals surface area contributed by atoms with E-state index in [0.717, 1.165) is 11.3 Å². The van der Waals surface area contributed by atoms with E-state index in [4.69, 9.17) is 21.1 Å². The molecule has 0 aliphatic rings. The molecular formula is C24H31ClN2O4. The van der Waals surface area contributed by atoms with Crippen molar-refractivity contribution in [3.8, 4) is 11.5 Å². The molecule has 0 heterocycles. The first-order chi connectivity index (χ1) is 14.6. The van der Waals surface area contributed by atoms with Gasteiger partial charge in [-0.3, -0.25) is 9.59 Å². The third-order valence-corrected chi connectivity index (χ3v) is 4.90. The molecule has 2 aromatic rings. The minimum absolute atomic E-state index is 0.199. The zero-order valence-electron chi connectivity index (χ0n) is 18.8. The summed E-state index contributed by atoms with van der Waals surface area (Å²) >= 11 is 6.13. The number of rotatable bonds is 9. The normalized spacial score (nSPS) is 12.1. The van der Waals surface area contributed by atoms with Gasteiger partial charge in [0, 0.05) is 12.1 Å². The Morgan fingerprint density at radius 3 is 2.29 bits per heavy atom. The van der Waals surface area contributed by atoms with E-state index in [1.54, 1.807) is 36.3 Å². The van der Waals surface area contributed by atoms with Crippen LogP contribution >= 0.6 is 11.6 Å². The number of carbonyl (C=O) groups excluding carboxylic acids is 2. The number of ether oxygens (including phenoxy) is 2. The van der Waals surface area contributed by atoms with Gasteiger partial charge in [-0.05, 0) is 57.0 Å². The quantitative estimate of drug-likeness (QED) is 0.617. The molecule has 2 amide bonds. The van der Waals surface area contributed by atoms with Gasteiger partial charge in [-0.25, -0.2) is 0 Å². The van der Waals surface area contributed by atoms with Crippen molar-refractivity contribution in [1.82, 2.24) is 10.2 Å². The van der Waals surface area contributed by atoms with Gasteiger partial charge < -0.3 is 19.7 Å². The summed E-state index contributed by atoms with van der Waals surface area (Å²) in [4.78, 5) is 27.7. The van der Waals surface area contributed by atoms with E-state index in [9.17, 15) is 9.59 Å². The van der Waals surface area contributed by atoms with E-state index in [0.29, 0.717) is 17.2 Å². The van der Waals surface area contributed by atoms with E-state index in [1.165, 1.54) is 0 Å². The highest BCUT2D eigenvalue weighted by atomic mass is 35.5. The lowest BCUT2D eigenvalue weighted by molar-refractivity contribution is -0.143. The van der Waals surface area contributed by atoms with Crippen LogP contribution in [0, 0.1) is 0 Å². The molecular weight excluding hydrogens is 416 g/mol. The maximum Gasteiger partial charge on any atom is 0.261 e. The third-order valence-electron chi connectivity index (χ3n) is 4.58. The molecule has 0 bridgehead atoms. The number of nitrogens with zero attached hydrogens (tertiary/aromatic N) is 1. The fourth-order valence-electron chi connectivity index (χ4n) is 3.08. The highest BCUT2D eigenvalue weighted by Crippen LogP contribution is 2.23. The van der Waals surface area contributed by atoms with Crippen molar-refractivity contribution in [2.45, 2.75) is 52.2 Å². The van der Waals surface area contributed by atoms with Crippen LogP contribution < -0.4 is 14.8 Å². The molecule has 0 aromatic heterocycles. The minimum Gasteiger partial charge on any atom is -0.497 e. The van der Waals surface area contributed by atoms with E-state index in [1.807, 2.05) is 52.0 Å². The number of hydrogen-bond acceptors (Lipinski definition) is 4. The van der Waals surface area contributed by atoms with Crippen molar-refractivity contribution in [2.24, 2.45) is 0 Å². The largest absolute Gasteiger partial charge is 0.497 e. The van der Waals surface area contributed by atoms with Crippen LogP contribution in [0.1, 0.15) is 39.7 Å². The summed E-state index contributed by atoms with van der Waals surface area (Å²) in [6.45, 7) is 7.66. The van der Waals surface area contributed by atoms with Gasteiger partial charge in [0.2, 0.25) is 5.91 Å². The van der Waals surface area contributed by atoms with E-state index < -0.39 is 11.6 Å². The van der Waals surface area contributed by atoms with Crippen LogP contribution in [0.5, 0.6) is 11.5 Å². The lowest BCUT2D eigenvalue weighted by atomic mass is 10.1. The first-order valence-corrected chi connectivity index (χ1v) is 10.6. The second kappa shape index (κ2) is 11.0. The van der Waals surface area contributed by atoms with Crippen molar-refractivity contribution >= 4 is 23.4 Å². The molecule has 1 atom stereocenters. The van der Waals surface area contributed by atoms with Gasteiger partial charge in [0.25, 0.3) is 5.91 Å². The maximum absolute atomic E-state index is 13.2. The molecule has 1 N–H and O–H groups in total. The van der Waals surface area contributed by atoms with Crippen molar-refractivity contribution in [3.05, 3.63) is 59.1 Å². The Labute approximate surface area is 189 Å². The number of hydrogen-bond donors (Lipinski definition) is 1. The Morgan fingerprint density at radius 2 is 1.74 bits per heavy atom. The molecule has 0 radical (unpaired) electrons. The van der Waals surface area contributed by atoms with Crippen molar-refractivity contribution in [3.63, 3.8) is 0 Å². The molecule has 0 spiro atoms. The molecule has 31 heavy (non-hydrogen) atoms. The molecule has 6 nitrogen and oxygen atoms in total. The Balaban J connectivity index is 2.24. The number of nitrogens with one attached hydrogen (secondary N) is 1. The number of benzene rings is 2. The van der Waals surface area contributed by atoms with Gasteiger partial charge in [-0.1, -0.05) is 42.8 Å². The van der Waals surface area contributed by atoms with Crippen LogP contribution in [-0.4, -0.2) is 42.0 Å². The Morgan fingerprint density at radius 1 is 1.10 bits per heavy atom. The summed E-state index contributed by atoms with van der Waals surface area (Å²) in [7, 11) is 1.60. The Kier molecular flexibility index (Phi) is 8.75. The van der Waals surface area contributed by atoms with Gasteiger partial charge in [-0.15, -0.1) is 0 Å². The second-order valence-electron chi connectivity index (χ2n) is 8.25. The molecule has 0 aliphatic carbocycles. The fourth-order valence-corrected chi connectivity index (χ4v) is 3.27. The van der Waals surface area contributed by atoms with Crippen molar-refractivity contribution < 1.29 is 19.1 Å². The van der Waals surface area contributed by atoms with E-state index in [2.05, 4.69) is 5.32 Å². The van der Waals surface area contributed by atoms with E-state index >= 15 is 0 Å². The van der Waals surface area contributed by atoms with Gasteiger partial charge in [0.05, 0.1) is 12.1 Å². The molecule has 0 saturated carbocycles. The molecule has 168 valence electrons. The summed E-state index contributed by atoms with van der Waals surface area (Å²) in [6.07, 6.45) is 0.468. The summed E-state index contributed by atoms with van der Waals surface area (Å²) in [5.74, 6) is 0.650. The molecule has 7 heteroatoms. The average molecular weight is 447 g/mol. The second-order valence-corrected chi connectivity index (χ2v) is 8.66. The average Bonchev–Trinajstić information content (AvgIpc) is 2.72. The molecule has 2 aromatic carbocycles. The first kappa shape index (κ1) is 24.5.